The molecule has 0 atom stereocenters. The second kappa shape index (κ2) is 9.50. The van der Waals surface area contributed by atoms with Crippen LogP contribution in [0.4, 0.5) is 18.9 Å². The number of carbonyl (C=O) groups excluding carboxylic acids is 1. The van der Waals surface area contributed by atoms with Gasteiger partial charge >= 0.3 is 12.1 Å². The summed E-state index contributed by atoms with van der Waals surface area (Å²) in [4.78, 5) is 20.9. The van der Waals surface area contributed by atoms with E-state index in [1.54, 1.807) is 23.5 Å². The molecule has 8 heteroatoms. The van der Waals surface area contributed by atoms with Crippen molar-refractivity contribution in [2.45, 2.75) is 6.18 Å². The number of nitrogens with one attached hydrogen (secondary N) is 1. The average Bonchev–Trinajstić information content (AvgIpc) is 2.89. The van der Waals surface area contributed by atoms with Crippen molar-refractivity contribution in [1.29, 1.82) is 0 Å². The molecular formula is C28H18F3N3O2. The highest BCUT2D eigenvalue weighted by Crippen LogP contribution is 2.33. The van der Waals surface area contributed by atoms with E-state index in [-0.39, 0.29) is 5.69 Å². The number of hydrogen-bond donors (Lipinski definition) is 1. The number of hydrogen-bond acceptors (Lipinski definition) is 4. The molecule has 0 unspecified atom stereocenters. The summed E-state index contributed by atoms with van der Waals surface area (Å²) in [5.41, 5.74) is 4.69. The van der Waals surface area contributed by atoms with Gasteiger partial charge in [-0.3, -0.25) is 4.79 Å². The van der Waals surface area contributed by atoms with Gasteiger partial charge in [0.15, 0.2) is 0 Å². The van der Waals surface area contributed by atoms with Crippen molar-refractivity contribution < 1.29 is 22.7 Å². The first-order valence-corrected chi connectivity index (χ1v) is 11.0. The third kappa shape index (κ3) is 5.02. The van der Waals surface area contributed by atoms with E-state index in [9.17, 15) is 18.0 Å². The van der Waals surface area contributed by atoms with E-state index in [1.807, 2.05) is 60.7 Å². The van der Waals surface area contributed by atoms with Gasteiger partial charge in [-0.1, -0.05) is 60.7 Å². The number of amides is 1. The molecule has 1 aromatic heterocycles. The fourth-order valence-corrected chi connectivity index (χ4v) is 3.64. The normalized spacial score (nSPS) is 11.3. The lowest BCUT2D eigenvalue weighted by Gasteiger charge is -2.12. The second-order valence-electron chi connectivity index (χ2n) is 7.88. The Labute approximate surface area is 204 Å². The molecule has 1 amide bonds. The van der Waals surface area contributed by atoms with Crippen molar-refractivity contribution in [2.24, 2.45) is 0 Å². The molecule has 0 saturated heterocycles. The van der Waals surface area contributed by atoms with Crippen LogP contribution in [-0.2, 0) is 4.79 Å². The summed E-state index contributed by atoms with van der Waals surface area (Å²) in [6.07, 6.45) is -4.96. The Bertz CT molecular complexity index is 1520. The zero-order valence-corrected chi connectivity index (χ0v) is 18.7. The summed E-state index contributed by atoms with van der Waals surface area (Å²) in [7, 11) is 0. The van der Waals surface area contributed by atoms with E-state index >= 15 is 0 Å². The minimum absolute atomic E-state index is 0.00926. The number of anilines is 1. The van der Waals surface area contributed by atoms with Crippen LogP contribution in [0.5, 0.6) is 11.5 Å². The molecule has 0 aliphatic heterocycles. The van der Waals surface area contributed by atoms with Crippen LogP contribution in [0, 0.1) is 0 Å². The first-order chi connectivity index (χ1) is 17.4. The first kappa shape index (κ1) is 23.0. The van der Waals surface area contributed by atoms with Crippen molar-refractivity contribution in [3.63, 3.8) is 0 Å². The van der Waals surface area contributed by atoms with E-state index in [2.05, 4.69) is 0 Å². The molecule has 4 aromatic carbocycles. The van der Waals surface area contributed by atoms with Crippen LogP contribution in [0.25, 0.3) is 33.5 Å². The summed E-state index contributed by atoms with van der Waals surface area (Å²) in [6.45, 7) is 0. The van der Waals surface area contributed by atoms with Gasteiger partial charge in [0.1, 0.15) is 11.5 Å². The van der Waals surface area contributed by atoms with Crippen LogP contribution >= 0.6 is 0 Å². The van der Waals surface area contributed by atoms with Gasteiger partial charge in [0.2, 0.25) is 0 Å². The van der Waals surface area contributed by atoms with Gasteiger partial charge in [0, 0.05) is 22.9 Å². The van der Waals surface area contributed by atoms with E-state index < -0.39 is 12.1 Å². The Kier molecular flexibility index (Phi) is 6.08. The number of alkyl halides is 3. The molecule has 5 aromatic rings. The zero-order chi connectivity index (χ0) is 25.1. The lowest BCUT2D eigenvalue weighted by molar-refractivity contribution is -0.167. The smallest absolute Gasteiger partial charge is 0.457 e. The number of carbonyl (C=O) groups is 1. The Morgan fingerprint density at radius 1 is 0.667 bits per heavy atom. The van der Waals surface area contributed by atoms with Gasteiger partial charge in [0.25, 0.3) is 0 Å². The Morgan fingerprint density at radius 2 is 1.19 bits per heavy atom. The first-order valence-electron chi connectivity index (χ1n) is 11.0. The summed E-state index contributed by atoms with van der Waals surface area (Å²) in [6, 6.07) is 30.5. The predicted octanol–water partition coefficient (Wildman–Crippen LogP) is 7.26. The van der Waals surface area contributed by atoms with Crippen LogP contribution in [0.2, 0.25) is 0 Å². The number of fused-ring (bicyclic) bond motifs is 1. The largest absolute Gasteiger partial charge is 0.471 e. The standard InChI is InChI=1S/C28H18F3N3O2/c29-28(30,31)27(35)32-20-11-13-21(14-12-20)36-22-15-16-23-24(17-22)34-26(19-9-5-2-6-10-19)25(33-23)18-7-3-1-4-8-18/h1-17H,(H,32,35). The van der Waals surface area contributed by atoms with Crippen LogP contribution < -0.4 is 10.1 Å². The van der Waals surface area contributed by atoms with E-state index in [1.165, 1.54) is 24.3 Å². The van der Waals surface area contributed by atoms with Gasteiger partial charge in [0.05, 0.1) is 22.4 Å². The summed E-state index contributed by atoms with van der Waals surface area (Å²) in [5.74, 6) is -1.17. The minimum Gasteiger partial charge on any atom is -0.457 e. The van der Waals surface area contributed by atoms with Gasteiger partial charge < -0.3 is 10.1 Å². The number of halogens is 3. The number of benzene rings is 4. The van der Waals surface area contributed by atoms with Crippen molar-refractivity contribution in [3.8, 4) is 34.0 Å². The van der Waals surface area contributed by atoms with Crippen molar-refractivity contribution in [3.05, 3.63) is 103 Å². The number of rotatable bonds is 5. The third-order valence-electron chi connectivity index (χ3n) is 5.34. The lowest BCUT2D eigenvalue weighted by Crippen LogP contribution is -2.29. The molecule has 36 heavy (non-hydrogen) atoms. The van der Waals surface area contributed by atoms with Crippen LogP contribution in [0.15, 0.2) is 103 Å². The SMILES string of the molecule is O=C(Nc1ccc(Oc2ccc3nc(-c4ccccc4)c(-c4ccccc4)nc3c2)cc1)C(F)(F)F. The molecule has 1 N–H and O–H groups in total. The van der Waals surface area contributed by atoms with Crippen molar-refractivity contribution >= 4 is 22.6 Å². The van der Waals surface area contributed by atoms with Gasteiger partial charge in [-0.2, -0.15) is 13.2 Å². The van der Waals surface area contributed by atoms with Crippen LogP contribution in [0.1, 0.15) is 0 Å². The van der Waals surface area contributed by atoms with Crippen molar-refractivity contribution in [2.75, 3.05) is 5.32 Å². The molecule has 0 bridgehead atoms. The Hall–Kier alpha value is -4.72. The van der Waals surface area contributed by atoms with Gasteiger partial charge in [-0.25, -0.2) is 9.97 Å². The highest BCUT2D eigenvalue weighted by atomic mass is 19.4. The highest BCUT2D eigenvalue weighted by molar-refractivity contribution is 5.95. The summed E-state index contributed by atoms with van der Waals surface area (Å²) < 4.78 is 43.2. The second-order valence-corrected chi connectivity index (χ2v) is 7.88. The zero-order valence-electron chi connectivity index (χ0n) is 18.7. The topological polar surface area (TPSA) is 64.1 Å². The Morgan fingerprint density at radius 3 is 1.75 bits per heavy atom. The molecule has 178 valence electrons. The predicted molar refractivity (Wildman–Crippen MR) is 132 cm³/mol. The van der Waals surface area contributed by atoms with Gasteiger partial charge in [-0.15, -0.1) is 0 Å². The maximum atomic E-state index is 12.4. The van der Waals surface area contributed by atoms with E-state index in [4.69, 9.17) is 14.7 Å². The number of nitrogens with zero attached hydrogens (tertiary/aromatic N) is 2. The summed E-state index contributed by atoms with van der Waals surface area (Å²) in [5, 5.41) is 1.80. The molecule has 0 radical (unpaired) electrons. The molecule has 0 aliphatic carbocycles. The van der Waals surface area contributed by atoms with E-state index in [0.717, 1.165) is 22.5 Å². The maximum absolute atomic E-state index is 12.4. The van der Waals surface area contributed by atoms with Crippen LogP contribution in [0.3, 0.4) is 0 Å². The molecule has 0 spiro atoms. The molecule has 0 saturated carbocycles. The van der Waals surface area contributed by atoms with E-state index in [0.29, 0.717) is 22.5 Å². The molecule has 5 nitrogen and oxygen atoms in total. The fourth-order valence-electron chi connectivity index (χ4n) is 3.64. The minimum atomic E-state index is -4.96. The maximum Gasteiger partial charge on any atom is 0.471 e. The molecule has 1 heterocycles. The molecular weight excluding hydrogens is 467 g/mol. The summed E-state index contributed by atoms with van der Waals surface area (Å²) >= 11 is 0. The highest BCUT2D eigenvalue weighted by Gasteiger charge is 2.38. The molecule has 0 aliphatic rings. The van der Waals surface area contributed by atoms with Crippen LogP contribution in [-0.4, -0.2) is 22.1 Å². The average molecular weight is 485 g/mol. The quantitative estimate of drug-likeness (QED) is 0.285. The number of ether oxygens (including phenoxy) is 1. The monoisotopic (exact) mass is 485 g/mol. The van der Waals surface area contributed by atoms with Gasteiger partial charge in [-0.05, 0) is 36.4 Å². The molecule has 0 fully saturated rings. The fraction of sp³-hybridized carbons (Fsp3) is 0.0357. The number of aromatic nitrogens is 2. The lowest BCUT2D eigenvalue weighted by atomic mass is 10.0. The molecule has 5 rings (SSSR count). The third-order valence-corrected chi connectivity index (χ3v) is 5.34. The van der Waals surface area contributed by atoms with Crippen molar-refractivity contribution in [1.82, 2.24) is 9.97 Å². The Balaban J connectivity index is 1.46.